The molecule has 1 aliphatic rings. The maximum Gasteiger partial charge on any atom is 0.282 e. The Balaban J connectivity index is 1.61. The Labute approximate surface area is 177 Å². The largest absolute Gasteiger partial charge is 0.457 e. The fraction of sp³-hybridized carbons (Fsp3) is 0.0909. The summed E-state index contributed by atoms with van der Waals surface area (Å²) >= 11 is 12.3. The molecule has 1 aromatic heterocycles. The molecule has 7 heteroatoms. The van der Waals surface area contributed by atoms with Crippen molar-refractivity contribution < 1.29 is 14.0 Å². The first kappa shape index (κ1) is 19.3. The summed E-state index contributed by atoms with van der Waals surface area (Å²) in [6, 6.07) is 16.0. The molecule has 1 fully saturated rings. The van der Waals surface area contributed by atoms with Crippen molar-refractivity contribution in [2.24, 2.45) is 0 Å². The number of aryl methyl sites for hydroxylation is 1. The van der Waals surface area contributed by atoms with E-state index >= 15 is 0 Å². The Bertz CT molecular complexity index is 1130. The first-order valence-electron chi connectivity index (χ1n) is 8.98. The molecule has 0 saturated carbocycles. The lowest BCUT2D eigenvalue weighted by Gasteiger charge is -2.14. The van der Waals surface area contributed by atoms with Gasteiger partial charge in [-0.05, 0) is 54.5 Å². The molecule has 3 aromatic rings. The molecule has 2 amide bonds. The van der Waals surface area contributed by atoms with Crippen LogP contribution >= 0.6 is 23.2 Å². The van der Waals surface area contributed by atoms with Crippen LogP contribution in [0.2, 0.25) is 10.0 Å². The average Bonchev–Trinajstić information content (AvgIpc) is 3.30. The van der Waals surface area contributed by atoms with Crippen LogP contribution in [0, 0.1) is 0 Å². The average molecular weight is 427 g/mol. The van der Waals surface area contributed by atoms with Gasteiger partial charge < -0.3 is 4.42 Å². The Morgan fingerprint density at radius 2 is 1.79 bits per heavy atom. The maximum absolute atomic E-state index is 12.7. The lowest BCUT2D eigenvalue weighted by molar-refractivity contribution is -0.117. The third kappa shape index (κ3) is 3.67. The third-order valence-electron chi connectivity index (χ3n) is 4.62. The second kappa shape index (κ2) is 7.78. The van der Waals surface area contributed by atoms with Crippen LogP contribution < -0.4 is 10.4 Å². The Morgan fingerprint density at radius 3 is 2.52 bits per heavy atom. The van der Waals surface area contributed by atoms with E-state index in [0.717, 1.165) is 12.0 Å². The fourth-order valence-corrected chi connectivity index (χ4v) is 3.43. The zero-order chi connectivity index (χ0) is 20.5. The highest BCUT2D eigenvalue weighted by molar-refractivity contribution is 6.43. The molecule has 1 N–H and O–H groups in total. The van der Waals surface area contributed by atoms with E-state index in [1.165, 1.54) is 11.1 Å². The maximum atomic E-state index is 12.7. The van der Waals surface area contributed by atoms with Gasteiger partial charge in [-0.2, -0.15) is 0 Å². The summed E-state index contributed by atoms with van der Waals surface area (Å²) in [5, 5.41) is 2.01. The summed E-state index contributed by atoms with van der Waals surface area (Å²) in [5.41, 5.74) is 4.93. The summed E-state index contributed by atoms with van der Waals surface area (Å²) in [6.45, 7) is 2.05. The van der Waals surface area contributed by atoms with E-state index in [2.05, 4.69) is 5.43 Å². The van der Waals surface area contributed by atoms with Crippen LogP contribution in [-0.4, -0.2) is 11.8 Å². The van der Waals surface area contributed by atoms with E-state index in [1.807, 2.05) is 19.1 Å². The van der Waals surface area contributed by atoms with E-state index in [9.17, 15) is 9.59 Å². The number of carbonyl (C=O) groups is 2. The van der Waals surface area contributed by atoms with Gasteiger partial charge in [-0.3, -0.25) is 15.0 Å². The first-order chi connectivity index (χ1) is 14.0. The number of anilines is 1. The summed E-state index contributed by atoms with van der Waals surface area (Å²) in [5.74, 6) is -0.0915. The molecule has 1 saturated heterocycles. The zero-order valence-electron chi connectivity index (χ0n) is 15.4. The van der Waals surface area contributed by atoms with Gasteiger partial charge in [-0.1, -0.05) is 48.3 Å². The smallest absolute Gasteiger partial charge is 0.282 e. The highest BCUT2D eigenvalue weighted by Crippen LogP contribution is 2.34. The van der Waals surface area contributed by atoms with Gasteiger partial charge in [0, 0.05) is 5.56 Å². The molecule has 4 rings (SSSR count). The van der Waals surface area contributed by atoms with Crippen LogP contribution in [-0.2, 0) is 16.0 Å². The number of hydrogen-bond acceptors (Lipinski definition) is 3. The van der Waals surface area contributed by atoms with Crippen molar-refractivity contribution in [1.82, 2.24) is 5.43 Å². The van der Waals surface area contributed by atoms with E-state index in [0.29, 0.717) is 32.8 Å². The summed E-state index contributed by atoms with van der Waals surface area (Å²) < 4.78 is 5.77. The molecule has 29 heavy (non-hydrogen) atoms. The van der Waals surface area contributed by atoms with Gasteiger partial charge in [-0.25, -0.2) is 5.01 Å². The van der Waals surface area contributed by atoms with E-state index in [4.69, 9.17) is 27.6 Å². The number of nitrogens with zero attached hydrogens (tertiary/aromatic N) is 1. The van der Waals surface area contributed by atoms with Gasteiger partial charge in [0.1, 0.15) is 17.1 Å². The molecule has 2 aromatic carbocycles. The van der Waals surface area contributed by atoms with Gasteiger partial charge >= 0.3 is 0 Å². The number of hydrogen-bond donors (Lipinski definition) is 1. The van der Waals surface area contributed by atoms with Crippen molar-refractivity contribution in [3.8, 4) is 11.3 Å². The number of furan rings is 1. The molecule has 2 heterocycles. The normalized spacial score (nSPS) is 15.3. The third-order valence-corrected chi connectivity index (χ3v) is 5.44. The second-order valence-electron chi connectivity index (χ2n) is 6.46. The number of halogens is 2. The van der Waals surface area contributed by atoms with Crippen molar-refractivity contribution in [2.45, 2.75) is 13.3 Å². The van der Waals surface area contributed by atoms with Crippen LogP contribution in [0.4, 0.5) is 5.69 Å². The SMILES string of the molecule is CCc1ccc(N2NC(=O)/C(=C/c3ccc(-c4cccc(Cl)c4Cl)o3)C2=O)cc1. The van der Waals surface area contributed by atoms with Crippen LogP contribution in [0.25, 0.3) is 17.4 Å². The summed E-state index contributed by atoms with van der Waals surface area (Å²) in [7, 11) is 0. The van der Waals surface area contributed by atoms with Gasteiger partial charge in [-0.15, -0.1) is 0 Å². The lowest BCUT2D eigenvalue weighted by atomic mass is 10.1. The van der Waals surface area contributed by atoms with Gasteiger partial charge in [0.15, 0.2) is 0 Å². The standard InChI is InChI=1S/C22H16Cl2N2O3/c1-2-13-6-8-14(9-7-13)26-22(28)17(21(27)25-26)12-15-10-11-19(29-15)16-4-3-5-18(23)20(16)24/h3-12H,2H2,1H3,(H,25,27)/b17-12-. The highest BCUT2D eigenvalue weighted by Gasteiger charge is 2.34. The monoisotopic (exact) mass is 426 g/mol. The quantitative estimate of drug-likeness (QED) is 0.456. The number of amides is 2. The minimum atomic E-state index is -0.492. The van der Waals surface area contributed by atoms with Gasteiger partial charge in [0.25, 0.3) is 11.8 Å². The van der Waals surface area contributed by atoms with E-state index < -0.39 is 11.8 Å². The molecule has 1 aliphatic heterocycles. The Kier molecular flexibility index (Phi) is 5.18. The number of carbonyl (C=O) groups excluding carboxylic acids is 2. The number of benzene rings is 2. The lowest BCUT2D eigenvalue weighted by Crippen LogP contribution is -2.35. The zero-order valence-corrected chi connectivity index (χ0v) is 16.9. The van der Waals surface area contributed by atoms with Crippen molar-refractivity contribution in [3.63, 3.8) is 0 Å². The summed E-state index contributed by atoms with van der Waals surface area (Å²) in [6.07, 6.45) is 2.31. The molecule has 0 radical (unpaired) electrons. The van der Waals surface area contributed by atoms with Crippen molar-refractivity contribution >= 4 is 46.8 Å². The second-order valence-corrected chi connectivity index (χ2v) is 7.25. The van der Waals surface area contributed by atoms with E-state index in [1.54, 1.807) is 42.5 Å². The van der Waals surface area contributed by atoms with Crippen LogP contribution in [0.3, 0.4) is 0 Å². The number of hydrazine groups is 1. The predicted octanol–water partition coefficient (Wildman–Crippen LogP) is 5.28. The minimum Gasteiger partial charge on any atom is -0.457 e. The molecular weight excluding hydrogens is 411 g/mol. The molecular formula is C22H16Cl2N2O3. The molecule has 0 atom stereocenters. The van der Waals surface area contributed by atoms with Crippen molar-refractivity contribution in [3.05, 3.63) is 81.5 Å². The van der Waals surface area contributed by atoms with Crippen LogP contribution in [0.15, 0.2) is 64.6 Å². The molecule has 5 nitrogen and oxygen atoms in total. The number of nitrogens with one attached hydrogen (secondary N) is 1. The molecule has 0 spiro atoms. The minimum absolute atomic E-state index is 0.0114. The molecule has 0 bridgehead atoms. The molecule has 0 aliphatic carbocycles. The topological polar surface area (TPSA) is 62.6 Å². The Morgan fingerprint density at radius 1 is 1.03 bits per heavy atom. The van der Waals surface area contributed by atoms with Gasteiger partial charge in [0.2, 0.25) is 0 Å². The number of rotatable bonds is 4. The van der Waals surface area contributed by atoms with Crippen molar-refractivity contribution in [1.29, 1.82) is 0 Å². The van der Waals surface area contributed by atoms with Crippen LogP contribution in [0.1, 0.15) is 18.2 Å². The van der Waals surface area contributed by atoms with Gasteiger partial charge in [0.05, 0.1) is 15.7 Å². The summed E-state index contributed by atoms with van der Waals surface area (Å²) in [4.78, 5) is 25.1. The van der Waals surface area contributed by atoms with E-state index in [-0.39, 0.29) is 5.57 Å². The predicted molar refractivity (Wildman–Crippen MR) is 114 cm³/mol. The first-order valence-corrected chi connectivity index (χ1v) is 9.74. The van der Waals surface area contributed by atoms with Crippen LogP contribution in [0.5, 0.6) is 0 Å². The highest BCUT2D eigenvalue weighted by atomic mass is 35.5. The molecule has 146 valence electrons. The fourth-order valence-electron chi connectivity index (χ4n) is 3.03. The molecule has 0 unspecified atom stereocenters. The van der Waals surface area contributed by atoms with Crippen molar-refractivity contribution in [2.75, 3.05) is 5.01 Å². The Hall–Kier alpha value is -3.02.